The maximum Gasteiger partial charge on any atom is 0.115 e. The first-order valence-corrected chi connectivity index (χ1v) is 9.61. The van der Waals surface area contributed by atoms with Gasteiger partial charge < -0.3 is 4.90 Å². The molecule has 2 saturated heterocycles. The van der Waals surface area contributed by atoms with E-state index >= 15 is 0 Å². The molecule has 4 rings (SSSR count). The van der Waals surface area contributed by atoms with Crippen molar-refractivity contribution in [2.45, 2.75) is 44.6 Å². The molecule has 4 nitrogen and oxygen atoms in total. The van der Waals surface area contributed by atoms with Crippen molar-refractivity contribution in [3.63, 3.8) is 0 Å². The lowest BCUT2D eigenvalue weighted by atomic mass is 9.91. The summed E-state index contributed by atoms with van der Waals surface area (Å²) in [7, 11) is 0. The monoisotopic (exact) mass is 336 g/mol. The average Bonchev–Trinajstić information content (AvgIpc) is 2.70. The van der Waals surface area contributed by atoms with Gasteiger partial charge in [-0.1, -0.05) is 17.7 Å². The van der Waals surface area contributed by atoms with E-state index in [0.717, 1.165) is 12.6 Å². The van der Waals surface area contributed by atoms with E-state index in [1.165, 1.54) is 62.3 Å². The molecule has 2 aliphatic rings. The van der Waals surface area contributed by atoms with Gasteiger partial charge in [0.2, 0.25) is 0 Å². The third-order valence-corrected chi connectivity index (χ3v) is 5.86. The van der Waals surface area contributed by atoms with Crippen molar-refractivity contribution in [2.75, 3.05) is 31.1 Å². The first kappa shape index (κ1) is 16.5. The molecule has 132 valence electrons. The zero-order valence-corrected chi connectivity index (χ0v) is 15.1. The largest absolute Gasteiger partial charge is 0.371 e. The van der Waals surface area contributed by atoms with Crippen LogP contribution in [0.4, 0.5) is 5.69 Å². The van der Waals surface area contributed by atoms with Crippen LogP contribution in [-0.2, 0) is 0 Å². The summed E-state index contributed by atoms with van der Waals surface area (Å²) in [6.45, 7) is 6.90. The second-order valence-corrected chi connectivity index (χ2v) is 7.52. The van der Waals surface area contributed by atoms with Gasteiger partial charge in [0.1, 0.15) is 6.33 Å². The lowest BCUT2D eigenvalue weighted by molar-refractivity contribution is 0.127. The molecule has 2 aliphatic heterocycles. The number of hydrogen-bond acceptors (Lipinski definition) is 4. The van der Waals surface area contributed by atoms with Crippen molar-refractivity contribution >= 4 is 5.69 Å². The maximum atomic E-state index is 4.49. The highest BCUT2D eigenvalue weighted by Gasteiger charge is 2.29. The van der Waals surface area contributed by atoms with E-state index in [1.807, 2.05) is 6.20 Å². The molecule has 0 radical (unpaired) electrons. The number of aryl methyl sites for hydroxylation is 1. The van der Waals surface area contributed by atoms with Crippen molar-refractivity contribution in [3.8, 4) is 0 Å². The molecule has 3 heterocycles. The van der Waals surface area contributed by atoms with Gasteiger partial charge in [-0.15, -0.1) is 0 Å². The molecule has 0 aliphatic carbocycles. The minimum Gasteiger partial charge on any atom is -0.371 e. The molecule has 0 saturated carbocycles. The summed E-state index contributed by atoms with van der Waals surface area (Å²) in [4.78, 5) is 13.8. The van der Waals surface area contributed by atoms with Gasteiger partial charge in [0, 0.05) is 49.2 Å². The number of likely N-dealkylation sites (tertiary alicyclic amines) is 1. The van der Waals surface area contributed by atoms with E-state index in [1.54, 1.807) is 6.33 Å². The number of aromatic nitrogens is 2. The third kappa shape index (κ3) is 3.84. The van der Waals surface area contributed by atoms with Gasteiger partial charge >= 0.3 is 0 Å². The molecule has 0 amide bonds. The maximum absolute atomic E-state index is 4.49. The van der Waals surface area contributed by atoms with Crippen molar-refractivity contribution in [3.05, 3.63) is 54.1 Å². The van der Waals surface area contributed by atoms with Gasteiger partial charge in [-0.05, 0) is 57.4 Å². The number of nitrogens with zero attached hydrogens (tertiary/aromatic N) is 4. The van der Waals surface area contributed by atoms with E-state index in [9.17, 15) is 0 Å². The summed E-state index contributed by atoms with van der Waals surface area (Å²) in [6.07, 6.45) is 8.65. The van der Waals surface area contributed by atoms with Gasteiger partial charge in [-0.2, -0.15) is 0 Å². The molecule has 0 bridgehead atoms. The lowest BCUT2D eigenvalue weighted by Gasteiger charge is -2.42. The zero-order valence-electron chi connectivity index (χ0n) is 15.1. The van der Waals surface area contributed by atoms with Gasteiger partial charge in [0.15, 0.2) is 0 Å². The van der Waals surface area contributed by atoms with Crippen LogP contribution in [0.5, 0.6) is 0 Å². The number of anilines is 1. The second kappa shape index (κ2) is 7.52. The fraction of sp³-hybridized carbons (Fsp3) is 0.524. The highest BCUT2D eigenvalue weighted by Crippen LogP contribution is 2.30. The Kier molecular flexibility index (Phi) is 4.97. The van der Waals surface area contributed by atoms with Crippen LogP contribution >= 0.6 is 0 Å². The summed E-state index contributed by atoms with van der Waals surface area (Å²) in [6, 6.07) is 11.8. The van der Waals surface area contributed by atoms with Gasteiger partial charge in [-0.3, -0.25) is 4.90 Å². The second-order valence-electron chi connectivity index (χ2n) is 7.52. The van der Waals surface area contributed by atoms with Crippen molar-refractivity contribution < 1.29 is 0 Å². The van der Waals surface area contributed by atoms with Crippen LogP contribution in [0.15, 0.2) is 42.9 Å². The molecule has 25 heavy (non-hydrogen) atoms. The SMILES string of the molecule is Cc1ccc(N2CCC(N3CCC[C@@H](c4ccncn4)C3)CC2)cc1. The normalized spacial score (nSPS) is 22.9. The number of benzene rings is 1. The Morgan fingerprint density at radius 1 is 0.960 bits per heavy atom. The van der Waals surface area contributed by atoms with Crippen LogP contribution in [0, 0.1) is 6.92 Å². The van der Waals surface area contributed by atoms with Crippen molar-refractivity contribution in [1.29, 1.82) is 0 Å². The first-order chi connectivity index (χ1) is 12.3. The summed E-state index contributed by atoms with van der Waals surface area (Å²) >= 11 is 0. The number of piperidine rings is 2. The zero-order chi connectivity index (χ0) is 17.1. The molecule has 4 heteroatoms. The lowest BCUT2D eigenvalue weighted by Crippen LogP contribution is -2.48. The minimum atomic E-state index is 0.576. The molecule has 2 fully saturated rings. The molecular formula is C21H28N4. The van der Waals surface area contributed by atoms with Crippen LogP contribution < -0.4 is 4.90 Å². The molecule has 0 N–H and O–H groups in total. The topological polar surface area (TPSA) is 32.3 Å². The fourth-order valence-corrected chi connectivity index (χ4v) is 4.37. The highest BCUT2D eigenvalue weighted by molar-refractivity contribution is 5.47. The number of rotatable bonds is 3. The standard InChI is InChI=1S/C21H28N4/c1-17-4-6-19(7-5-17)24-13-9-20(10-14-24)25-12-2-3-18(15-25)21-8-11-22-16-23-21/h4-8,11,16,18,20H,2-3,9-10,12-15H2,1H3/t18-/m1/s1. The molecule has 2 aromatic rings. The van der Waals surface area contributed by atoms with Crippen LogP contribution in [0.3, 0.4) is 0 Å². The van der Waals surface area contributed by atoms with Gasteiger partial charge in [0.05, 0.1) is 0 Å². The van der Waals surface area contributed by atoms with E-state index < -0.39 is 0 Å². The Morgan fingerprint density at radius 3 is 2.48 bits per heavy atom. The van der Waals surface area contributed by atoms with Crippen LogP contribution in [0.25, 0.3) is 0 Å². The van der Waals surface area contributed by atoms with Gasteiger partial charge in [0.25, 0.3) is 0 Å². The predicted octanol–water partition coefficient (Wildman–Crippen LogP) is 3.63. The Hall–Kier alpha value is -1.94. The average molecular weight is 336 g/mol. The third-order valence-electron chi connectivity index (χ3n) is 5.86. The Bertz CT molecular complexity index is 662. The van der Waals surface area contributed by atoms with Crippen molar-refractivity contribution in [2.24, 2.45) is 0 Å². The summed E-state index contributed by atoms with van der Waals surface area (Å²) in [5, 5.41) is 0. The molecule has 1 atom stereocenters. The Labute approximate surface area is 150 Å². The van der Waals surface area contributed by atoms with Crippen LogP contribution in [0.1, 0.15) is 42.9 Å². The van der Waals surface area contributed by atoms with Gasteiger partial charge in [-0.25, -0.2) is 9.97 Å². The quantitative estimate of drug-likeness (QED) is 0.857. The fourth-order valence-electron chi connectivity index (χ4n) is 4.37. The molecule has 0 spiro atoms. The highest BCUT2D eigenvalue weighted by atomic mass is 15.2. The van der Waals surface area contributed by atoms with Crippen LogP contribution in [-0.4, -0.2) is 47.1 Å². The predicted molar refractivity (Wildman–Crippen MR) is 102 cm³/mol. The summed E-state index contributed by atoms with van der Waals surface area (Å²) < 4.78 is 0. The first-order valence-electron chi connectivity index (χ1n) is 9.61. The van der Waals surface area contributed by atoms with E-state index in [2.05, 4.69) is 57.0 Å². The Morgan fingerprint density at radius 2 is 1.76 bits per heavy atom. The summed E-state index contributed by atoms with van der Waals surface area (Å²) in [5.41, 5.74) is 3.93. The smallest absolute Gasteiger partial charge is 0.115 e. The van der Waals surface area contributed by atoms with E-state index in [4.69, 9.17) is 0 Å². The van der Waals surface area contributed by atoms with Crippen LogP contribution in [0.2, 0.25) is 0 Å². The van der Waals surface area contributed by atoms with Crippen molar-refractivity contribution in [1.82, 2.24) is 14.9 Å². The van der Waals surface area contributed by atoms with E-state index in [-0.39, 0.29) is 0 Å². The minimum absolute atomic E-state index is 0.576. The molecule has 0 unspecified atom stereocenters. The number of hydrogen-bond donors (Lipinski definition) is 0. The molecule has 1 aromatic heterocycles. The summed E-state index contributed by atoms with van der Waals surface area (Å²) in [5.74, 6) is 0.576. The van der Waals surface area contributed by atoms with E-state index in [0.29, 0.717) is 5.92 Å². The molecular weight excluding hydrogens is 308 g/mol. The Balaban J connectivity index is 1.35. The molecule has 1 aromatic carbocycles.